The van der Waals surface area contributed by atoms with Crippen molar-refractivity contribution < 1.29 is 19.7 Å². The van der Waals surface area contributed by atoms with E-state index in [2.05, 4.69) is 0 Å². The van der Waals surface area contributed by atoms with Gasteiger partial charge in [-0.1, -0.05) is 30.3 Å². The van der Waals surface area contributed by atoms with Gasteiger partial charge in [-0.25, -0.2) is 4.79 Å². The second-order valence-electron chi connectivity index (χ2n) is 5.50. The van der Waals surface area contributed by atoms with E-state index < -0.39 is 12.2 Å². The fraction of sp³-hybridized carbons (Fsp3) is 0.278. The number of benzene rings is 2. The van der Waals surface area contributed by atoms with Gasteiger partial charge in [0.25, 0.3) is 0 Å². The number of aliphatic hydroxyl groups excluding tert-OH is 1. The third-order valence-corrected chi connectivity index (χ3v) is 3.54. The van der Waals surface area contributed by atoms with Crippen LogP contribution in [0.25, 0.3) is 0 Å². The second kappa shape index (κ2) is 8.79. The lowest BCUT2D eigenvalue weighted by Crippen LogP contribution is -2.40. The summed E-state index contributed by atoms with van der Waals surface area (Å²) in [7, 11) is 0. The monoisotopic (exact) mass is 330 g/mol. The number of amides is 1. The van der Waals surface area contributed by atoms with E-state index in [1.807, 2.05) is 30.3 Å². The first-order chi connectivity index (χ1) is 11.5. The number of anilines is 1. The Morgan fingerprint density at radius 3 is 2.42 bits per heavy atom. The summed E-state index contributed by atoms with van der Waals surface area (Å²) >= 11 is 0. The molecule has 0 unspecified atom stereocenters. The third kappa shape index (κ3) is 5.81. The highest BCUT2D eigenvalue weighted by Crippen LogP contribution is 2.10. The molecule has 2 aromatic rings. The number of aliphatic hydroxyl groups is 1. The van der Waals surface area contributed by atoms with Crippen LogP contribution in [0.5, 0.6) is 5.75 Å². The summed E-state index contributed by atoms with van der Waals surface area (Å²) in [6, 6.07) is 16.4. The van der Waals surface area contributed by atoms with Crippen LogP contribution in [-0.4, -0.2) is 47.0 Å². The van der Waals surface area contributed by atoms with Crippen molar-refractivity contribution in [2.75, 3.05) is 25.4 Å². The zero-order chi connectivity index (χ0) is 17.4. The summed E-state index contributed by atoms with van der Waals surface area (Å²) in [4.78, 5) is 12.5. The normalized spacial score (nSPS) is 11.7. The smallest absolute Gasteiger partial charge is 0.407 e. The number of nitrogen functional groups attached to an aromatic ring is 1. The molecule has 1 atom stereocenters. The van der Waals surface area contributed by atoms with Crippen LogP contribution in [-0.2, 0) is 6.42 Å². The molecule has 0 aromatic heterocycles. The Kier molecular flexibility index (Phi) is 6.45. The SMILES string of the molecule is Nc1ccc(CCN(C[C@H](O)COc2ccccc2)C(=O)O)cc1. The zero-order valence-corrected chi connectivity index (χ0v) is 13.3. The molecule has 0 saturated carbocycles. The van der Waals surface area contributed by atoms with Gasteiger partial charge in [0.2, 0.25) is 0 Å². The summed E-state index contributed by atoms with van der Waals surface area (Å²) in [5, 5.41) is 19.3. The van der Waals surface area contributed by atoms with Crippen LogP contribution in [0.1, 0.15) is 5.56 Å². The fourth-order valence-corrected chi connectivity index (χ4v) is 2.23. The molecular weight excluding hydrogens is 308 g/mol. The minimum absolute atomic E-state index is 0.00284. The van der Waals surface area contributed by atoms with Crippen LogP contribution in [0.2, 0.25) is 0 Å². The lowest BCUT2D eigenvalue weighted by molar-refractivity contribution is 0.0655. The number of hydrogen-bond acceptors (Lipinski definition) is 4. The van der Waals surface area contributed by atoms with Crippen LogP contribution in [0.4, 0.5) is 10.5 Å². The number of carboxylic acid groups (broad SMARTS) is 1. The van der Waals surface area contributed by atoms with E-state index in [1.165, 1.54) is 4.90 Å². The number of para-hydroxylation sites is 1. The van der Waals surface area contributed by atoms with Crippen LogP contribution in [0.15, 0.2) is 54.6 Å². The van der Waals surface area contributed by atoms with Gasteiger partial charge in [-0.15, -0.1) is 0 Å². The van der Waals surface area contributed by atoms with Gasteiger partial charge in [0.05, 0.1) is 6.54 Å². The molecule has 2 aromatic carbocycles. The summed E-state index contributed by atoms with van der Waals surface area (Å²) < 4.78 is 5.44. The van der Waals surface area contributed by atoms with E-state index in [0.717, 1.165) is 5.56 Å². The first-order valence-electron chi connectivity index (χ1n) is 7.73. The van der Waals surface area contributed by atoms with Gasteiger partial charge in [0.1, 0.15) is 18.5 Å². The molecule has 6 nitrogen and oxygen atoms in total. The molecule has 0 heterocycles. The van der Waals surface area contributed by atoms with E-state index in [-0.39, 0.29) is 13.2 Å². The van der Waals surface area contributed by atoms with Crippen molar-refractivity contribution in [3.63, 3.8) is 0 Å². The largest absolute Gasteiger partial charge is 0.491 e. The Morgan fingerprint density at radius 2 is 1.79 bits per heavy atom. The van der Waals surface area contributed by atoms with Crippen molar-refractivity contribution in [2.24, 2.45) is 0 Å². The molecule has 24 heavy (non-hydrogen) atoms. The Morgan fingerprint density at radius 1 is 1.12 bits per heavy atom. The topological polar surface area (TPSA) is 96.0 Å². The highest BCUT2D eigenvalue weighted by Gasteiger charge is 2.17. The number of rotatable bonds is 8. The van der Waals surface area contributed by atoms with Crippen molar-refractivity contribution in [3.8, 4) is 5.75 Å². The van der Waals surface area contributed by atoms with Gasteiger partial charge in [0.15, 0.2) is 0 Å². The molecule has 0 radical (unpaired) electrons. The number of hydrogen-bond donors (Lipinski definition) is 3. The average Bonchev–Trinajstić information content (AvgIpc) is 2.59. The number of nitrogens with zero attached hydrogens (tertiary/aromatic N) is 1. The van der Waals surface area contributed by atoms with Crippen molar-refractivity contribution in [1.82, 2.24) is 4.90 Å². The van der Waals surface area contributed by atoms with Gasteiger partial charge in [0, 0.05) is 12.2 Å². The van der Waals surface area contributed by atoms with Crippen LogP contribution >= 0.6 is 0 Å². The molecule has 4 N–H and O–H groups in total. The van der Waals surface area contributed by atoms with Gasteiger partial charge < -0.3 is 25.6 Å². The van der Waals surface area contributed by atoms with Gasteiger partial charge >= 0.3 is 6.09 Å². The minimum atomic E-state index is -1.07. The van der Waals surface area contributed by atoms with Crippen molar-refractivity contribution >= 4 is 11.8 Å². The quantitative estimate of drug-likeness (QED) is 0.645. The second-order valence-corrected chi connectivity index (χ2v) is 5.50. The van der Waals surface area contributed by atoms with Crippen molar-refractivity contribution in [1.29, 1.82) is 0 Å². The summed E-state index contributed by atoms with van der Waals surface area (Å²) in [5.74, 6) is 0.639. The highest BCUT2D eigenvalue weighted by atomic mass is 16.5. The molecule has 2 rings (SSSR count). The summed E-state index contributed by atoms with van der Waals surface area (Å²) in [6.45, 7) is 0.328. The molecule has 0 saturated heterocycles. The number of carbonyl (C=O) groups is 1. The molecule has 0 aliphatic carbocycles. The lowest BCUT2D eigenvalue weighted by atomic mass is 10.1. The van der Waals surface area contributed by atoms with Gasteiger partial charge in [-0.3, -0.25) is 0 Å². The van der Waals surface area contributed by atoms with Crippen LogP contribution in [0, 0.1) is 0 Å². The maximum absolute atomic E-state index is 11.3. The lowest BCUT2D eigenvalue weighted by Gasteiger charge is -2.22. The molecule has 128 valence electrons. The van der Waals surface area contributed by atoms with E-state index in [9.17, 15) is 15.0 Å². The predicted octanol–water partition coefficient (Wildman–Crippen LogP) is 2.23. The molecule has 0 spiro atoms. The van der Waals surface area contributed by atoms with Gasteiger partial charge in [-0.05, 0) is 36.2 Å². The highest BCUT2D eigenvalue weighted by molar-refractivity contribution is 5.65. The van der Waals surface area contributed by atoms with E-state index in [1.54, 1.807) is 24.3 Å². The Hall–Kier alpha value is -2.73. The third-order valence-electron chi connectivity index (χ3n) is 3.54. The van der Waals surface area contributed by atoms with Crippen molar-refractivity contribution in [2.45, 2.75) is 12.5 Å². The number of nitrogens with two attached hydrogens (primary N) is 1. The molecule has 0 bridgehead atoms. The number of ether oxygens (including phenoxy) is 1. The average molecular weight is 330 g/mol. The van der Waals surface area contributed by atoms with Crippen LogP contribution < -0.4 is 10.5 Å². The fourth-order valence-electron chi connectivity index (χ4n) is 2.23. The Bertz CT molecular complexity index is 631. The van der Waals surface area contributed by atoms with Crippen LogP contribution in [0.3, 0.4) is 0 Å². The predicted molar refractivity (Wildman–Crippen MR) is 92.1 cm³/mol. The molecule has 1 amide bonds. The standard InChI is InChI=1S/C18H22N2O4/c19-15-8-6-14(7-9-15)10-11-20(18(22)23)12-16(21)13-24-17-4-2-1-3-5-17/h1-9,16,21H,10-13,19H2,(H,22,23)/t16-/m0/s1. The first-order valence-corrected chi connectivity index (χ1v) is 7.73. The maximum atomic E-state index is 11.3. The molecular formula is C18H22N2O4. The molecule has 0 aliphatic rings. The Balaban J connectivity index is 1.81. The summed E-state index contributed by atoms with van der Waals surface area (Å²) in [6.07, 6.45) is -1.41. The van der Waals surface area contributed by atoms with Gasteiger partial charge in [-0.2, -0.15) is 0 Å². The van der Waals surface area contributed by atoms with Crippen molar-refractivity contribution in [3.05, 3.63) is 60.2 Å². The van der Waals surface area contributed by atoms with E-state index in [0.29, 0.717) is 24.4 Å². The molecule has 6 heteroatoms. The Labute approximate surface area is 141 Å². The first kappa shape index (κ1) is 17.6. The summed E-state index contributed by atoms with van der Waals surface area (Å²) in [5.41, 5.74) is 7.29. The van der Waals surface area contributed by atoms with E-state index in [4.69, 9.17) is 10.5 Å². The zero-order valence-electron chi connectivity index (χ0n) is 13.3. The molecule has 0 fully saturated rings. The maximum Gasteiger partial charge on any atom is 0.407 e. The molecule has 0 aliphatic heterocycles. The van der Waals surface area contributed by atoms with E-state index >= 15 is 0 Å². The minimum Gasteiger partial charge on any atom is -0.491 e.